The van der Waals surface area contributed by atoms with Crippen LogP contribution >= 0.6 is 0 Å². The monoisotopic (exact) mass is 205 g/mol. The Morgan fingerprint density at radius 2 is 2.15 bits per heavy atom. The fourth-order valence-electron chi connectivity index (χ4n) is 1.06. The summed E-state index contributed by atoms with van der Waals surface area (Å²) in [6.45, 7) is 3.95. The molecule has 1 rings (SSSR count). The summed E-state index contributed by atoms with van der Waals surface area (Å²) in [7, 11) is -3.40. The van der Waals surface area contributed by atoms with Gasteiger partial charge in [-0.15, -0.1) is 0 Å². The molecule has 0 saturated carbocycles. The Kier molecular flexibility index (Phi) is 2.72. The van der Waals surface area contributed by atoms with Crippen LogP contribution in [0.25, 0.3) is 0 Å². The lowest BCUT2D eigenvalue weighted by molar-refractivity contribution is -0.134. The van der Waals surface area contributed by atoms with Crippen LogP contribution in [0.15, 0.2) is 12.7 Å². The lowest BCUT2D eigenvalue weighted by atomic mass is 10.2. The van der Waals surface area contributed by atoms with Gasteiger partial charge in [-0.1, -0.05) is 6.58 Å². The van der Waals surface area contributed by atoms with Crippen LogP contribution in [0.2, 0.25) is 0 Å². The molecule has 0 aromatic rings. The first-order valence-electron chi connectivity index (χ1n) is 3.72. The molecule has 0 aromatic carbocycles. The van der Waals surface area contributed by atoms with Crippen LogP contribution in [0.4, 0.5) is 0 Å². The van der Waals surface area contributed by atoms with Crippen LogP contribution < -0.4 is 0 Å². The van der Waals surface area contributed by atoms with Crippen molar-refractivity contribution in [3.05, 3.63) is 12.7 Å². The summed E-state index contributed by atoms with van der Waals surface area (Å²) in [4.78, 5) is 12.4. The standard InChI is InChI=1S/C7H11NO4S/c1-3-7(9)8-4-6(5-8)12-13(2,10)11/h3,6H,1,4-5H2,2H3. The lowest BCUT2D eigenvalue weighted by Crippen LogP contribution is -2.54. The quantitative estimate of drug-likeness (QED) is 0.454. The summed E-state index contributed by atoms with van der Waals surface area (Å²) < 4.78 is 25.9. The summed E-state index contributed by atoms with van der Waals surface area (Å²) in [5.41, 5.74) is 0. The summed E-state index contributed by atoms with van der Waals surface area (Å²) >= 11 is 0. The highest BCUT2D eigenvalue weighted by atomic mass is 32.2. The molecule has 1 saturated heterocycles. The molecule has 0 bridgehead atoms. The first-order valence-corrected chi connectivity index (χ1v) is 5.53. The van der Waals surface area contributed by atoms with E-state index in [1.54, 1.807) is 0 Å². The molecule has 13 heavy (non-hydrogen) atoms. The van der Waals surface area contributed by atoms with E-state index in [0.29, 0.717) is 13.1 Å². The molecule has 0 atom stereocenters. The van der Waals surface area contributed by atoms with Crippen LogP contribution in [-0.2, 0) is 19.1 Å². The van der Waals surface area contributed by atoms with Crippen LogP contribution in [-0.4, -0.2) is 44.7 Å². The largest absolute Gasteiger partial charge is 0.334 e. The minimum atomic E-state index is -3.40. The Balaban J connectivity index is 2.34. The number of amides is 1. The van der Waals surface area contributed by atoms with E-state index in [4.69, 9.17) is 0 Å². The van der Waals surface area contributed by atoms with Gasteiger partial charge in [0, 0.05) is 0 Å². The van der Waals surface area contributed by atoms with E-state index in [1.807, 2.05) is 0 Å². The van der Waals surface area contributed by atoms with Gasteiger partial charge in [-0.2, -0.15) is 8.42 Å². The van der Waals surface area contributed by atoms with E-state index < -0.39 is 10.1 Å². The summed E-state index contributed by atoms with van der Waals surface area (Å²) in [5.74, 6) is -0.201. The van der Waals surface area contributed by atoms with Gasteiger partial charge in [-0.25, -0.2) is 0 Å². The normalized spacial score (nSPS) is 18.1. The molecular weight excluding hydrogens is 194 g/mol. The molecule has 0 unspecified atom stereocenters. The van der Waals surface area contributed by atoms with Gasteiger partial charge in [-0.05, 0) is 6.08 Å². The van der Waals surface area contributed by atoms with Crippen molar-refractivity contribution < 1.29 is 17.4 Å². The number of likely N-dealkylation sites (tertiary alicyclic amines) is 1. The summed E-state index contributed by atoms with van der Waals surface area (Å²) in [6.07, 6.45) is 1.79. The van der Waals surface area contributed by atoms with Crippen LogP contribution in [0.3, 0.4) is 0 Å². The molecule has 1 fully saturated rings. The molecule has 1 amide bonds. The second kappa shape index (κ2) is 3.47. The van der Waals surface area contributed by atoms with Crippen LogP contribution in [0.5, 0.6) is 0 Å². The number of hydrogen-bond acceptors (Lipinski definition) is 4. The predicted octanol–water partition coefficient (Wildman–Crippen LogP) is -0.641. The SMILES string of the molecule is C=CC(=O)N1CC(OS(C)(=O)=O)C1. The van der Waals surface area contributed by atoms with E-state index in [2.05, 4.69) is 10.8 Å². The van der Waals surface area contributed by atoms with Crippen LogP contribution in [0.1, 0.15) is 0 Å². The second-order valence-electron chi connectivity index (χ2n) is 2.87. The van der Waals surface area contributed by atoms with Gasteiger partial charge in [0.25, 0.3) is 10.1 Å². The van der Waals surface area contributed by atoms with Crippen molar-refractivity contribution in [1.29, 1.82) is 0 Å². The van der Waals surface area contributed by atoms with Crippen molar-refractivity contribution in [3.8, 4) is 0 Å². The van der Waals surface area contributed by atoms with Crippen molar-refractivity contribution >= 4 is 16.0 Å². The smallest absolute Gasteiger partial charge is 0.264 e. The zero-order valence-corrected chi connectivity index (χ0v) is 8.08. The molecule has 0 aliphatic carbocycles. The van der Waals surface area contributed by atoms with Gasteiger partial charge >= 0.3 is 0 Å². The van der Waals surface area contributed by atoms with E-state index in [9.17, 15) is 13.2 Å². The van der Waals surface area contributed by atoms with Crippen molar-refractivity contribution in [2.75, 3.05) is 19.3 Å². The van der Waals surface area contributed by atoms with Crippen molar-refractivity contribution in [2.24, 2.45) is 0 Å². The molecule has 74 valence electrons. The topological polar surface area (TPSA) is 63.7 Å². The Morgan fingerprint density at radius 3 is 2.54 bits per heavy atom. The molecular formula is C7H11NO4S. The molecule has 1 aliphatic heterocycles. The maximum atomic E-state index is 10.9. The third kappa shape index (κ3) is 2.82. The first kappa shape index (κ1) is 10.2. The van der Waals surface area contributed by atoms with Crippen LogP contribution in [0, 0.1) is 0 Å². The van der Waals surface area contributed by atoms with Gasteiger partial charge < -0.3 is 4.90 Å². The highest BCUT2D eigenvalue weighted by Gasteiger charge is 2.32. The van der Waals surface area contributed by atoms with Gasteiger partial charge in [0.2, 0.25) is 5.91 Å². The first-order chi connectivity index (χ1) is 5.92. The average Bonchev–Trinajstić information content (AvgIpc) is 1.92. The number of nitrogens with zero attached hydrogens (tertiary/aromatic N) is 1. The minimum Gasteiger partial charge on any atom is -0.334 e. The van der Waals surface area contributed by atoms with E-state index in [1.165, 1.54) is 11.0 Å². The number of carbonyl (C=O) groups is 1. The van der Waals surface area contributed by atoms with Crippen molar-refractivity contribution in [1.82, 2.24) is 4.90 Å². The van der Waals surface area contributed by atoms with Gasteiger partial charge in [0.15, 0.2) is 0 Å². The third-order valence-corrected chi connectivity index (χ3v) is 2.27. The molecule has 0 spiro atoms. The minimum absolute atomic E-state index is 0.201. The number of hydrogen-bond donors (Lipinski definition) is 0. The predicted molar refractivity (Wildman–Crippen MR) is 46.5 cm³/mol. The Hall–Kier alpha value is -0.880. The van der Waals surface area contributed by atoms with Gasteiger partial charge in [-0.3, -0.25) is 8.98 Å². The van der Waals surface area contributed by atoms with E-state index in [-0.39, 0.29) is 12.0 Å². The van der Waals surface area contributed by atoms with E-state index in [0.717, 1.165) is 6.26 Å². The highest BCUT2D eigenvalue weighted by molar-refractivity contribution is 7.86. The van der Waals surface area contributed by atoms with Crippen molar-refractivity contribution in [2.45, 2.75) is 6.10 Å². The fraction of sp³-hybridized carbons (Fsp3) is 0.571. The lowest BCUT2D eigenvalue weighted by Gasteiger charge is -2.37. The number of rotatable bonds is 3. The summed E-state index contributed by atoms with van der Waals surface area (Å²) in [5, 5.41) is 0. The Labute approximate surface area is 77.1 Å². The number of carbonyl (C=O) groups excluding carboxylic acids is 1. The molecule has 5 nitrogen and oxygen atoms in total. The zero-order valence-electron chi connectivity index (χ0n) is 7.26. The molecule has 0 radical (unpaired) electrons. The fourth-order valence-corrected chi connectivity index (χ4v) is 1.67. The highest BCUT2D eigenvalue weighted by Crippen LogP contribution is 2.13. The average molecular weight is 205 g/mol. The Bertz CT molecular complexity index is 315. The maximum absolute atomic E-state index is 10.9. The van der Waals surface area contributed by atoms with E-state index >= 15 is 0 Å². The van der Waals surface area contributed by atoms with Crippen molar-refractivity contribution in [3.63, 3.8) is 0 Å². The Morgan fingerprint density at radius 1 is 1.62 bits per heavy atom. The molecule has 1 heterocycles. The molecule has 6 heteroatoms. The van der Waals surface area contributed by atoms with Gasteiger partial charge in [0.05, 0.1) is 19.3 Å². The molecule has 1 aliphatic rings. The molecule has 0 aromatic heterocycles. The summed E-state index contributed by atoms with van der Waals surface area (Å²) in [6, 6.07) is 0. The van der Waals surface area contributed by atoms with Gasteiger partial charge in [0.1, 0.15) is 6.10 Å². The third-order valence-electron chi connectivity index (χ3n) is 1.65. The zero-order chi connectivity index (χ0) is 10.1. The maximum Gasteiger partial charge on any atom is 0.264 e. The second-order valence-corrected chi connectivity index (χ2v) is 4.47. The molecule has 0 N–H and O–H groups in total.